The van der Waals surface area contributed by atoms with Crippen molar-refractivity contribution in [1.29, 1.82) is 0 Å². The smallest absolute Gasteiger partial charge is 0.407 e. The number of ether oxygens (including phenoxy) is 1. The number of fused-ring (bicyclic) bond motifs is 3. The van der Waals surface area contributed by atoms with Gasteiger partial charge in [-0.2, -0.15) is 5.10 Å². The molecule has 8 heteroatoms. The van der Waals surface area contributed by atoms with Gasteiger partial charge in [-0.15, -0.1) is 0 Å². The molecule has 2 N–H and O–H groups in total. The van der Waals surface area contributed by atoms with Gasteiger partial charge in [-0.3, -0.25) is 5.10 Å². The topological polar surface area (TPSA) is 96.0 Å². The van der Waals surface area contributed by atoms with Crippen LogP contribution in [0, 0.1) is 5.92 Å². The van der Waals surface area contributed by atoms with Gasteiger partial charge in [0.1, 0.15) is 11.9 Å². The minimum atomic E-state index is -0.305. The van der Waals surface area contributed by atoms with Crippen LogP contribution >= 0.6 is 0 Å². The summed E-state index contributed by atoms with van der Waals surface area (Å²) in [5, 5.41) is 13.3. The number of piperidine rings is 1. The second kappa shape index (κ2) is 6.68. The van der Waals surface area contributed by atoms with Gasteiger partial charge in [0.05, 0.1) is 12.7 Å². The molecule has 8 nitrogen and oxygen atoms in total. The highest BCUT2D eigenvalue weighted by Crippen LogP contribution is 2.31. The Labute approximate surface area is 156 Å². The van der Waals surface area contributed by atoms with Crippen LogP contribution in [0.4, 0.5) is 10.6 Å². The van der Waals surface area contributed by atoms with E-state index < -0.39 is 0 Å². The minimum absolute atomic E-state index is 0.128. The maximum atomic E-state index is 12.1. The SMILES string of the molecule is O=C(NCC1CC1)OC1CCCN(c2[nH]ncc3cnc4nccc4c23)C1. The first-order valence-corrected chi connectivity index (χ1v) is 9.54. The van der Waals surface area contributed by atoms with Gasteiger partial charge in [0.2, 0.25) is 0 Å². The van der Waals surface area contributed by atoms with E-state index in [0.29, 0.717) is 12.5 Å². The monoisotopic (exact) mass is 366 g/mol. The van der Waals surface area contributed by atoms with Crippen LogP contribution in [0.5, 0.6) is 0 Å². The van der Waals surface area contributed by atoms with Crippen molar-refractivity contribution in [2.75, 3.05) is 24.5 Å². The second-order valence-electron chi connectivity index (χ2n) is 7.43. The molecule has 2 aliphatic rings. The lowest BCUT2D eigenvalue weighted by Gasteiger charge is -2.34. The molecule has 0 aromatic carbocycles. The Bertz CT molecular complexity index is 983. The molecular formula is C19H22N6O2. The van der Waals surface area contributed by atoms with E-state index in [2.05, 4.69) is 30.4 Å². The molecule has 27 heavy (non-hydrogen) atoms. The molecule has 140 valence electrons. The number of hydrogen-bond acceptors (Lipinski definition) is 6. The van der Waals surface area contributed by atoms with E-state index in [9.17, 15) is 4.79 Å². The van der Waals surface area contributed by atoms with Crippen molar-refractivity contribution in [1.82, 2.24) is 25.5 Å². The number of anilines is 1. The van der Waals surface area contributed by atoms with E-state index in [0.717, 1.165) is 53.6 Å². The van der Waals surface area contributed by atoms with Crippen LogP contribution in [-0.2, 0) is 4.74 Å². The Kier molecular flexibility index (Phi) is 4.03. The molecule has 5 rings (SSSR count). The molecule has 1 aliphatic heterocycles. The van der Waals surface area contributed by atoms with Crippen LogP contribution in [0.3, 0.4) is 0 Å². The lowest BCUT2D eigenvalue weighted by Crippen LogP contribution is -2.43. The summed E-state index contributed by atoms with van der Waals surface area (Å²) in [6.07, 6.45) is 9.17. The maximum Gasteiger partial charge on any atom is 0.407 e. The highest BCUT2D eigenvalue weighted by molar-refractivity contribution is 6.09. The number of nitrogens with zero attached hydrogens (tertiary/aromatic N) is 4. The van der Waals surface area contributed by atoms with Crippen LogP contribution in [0.15, 0.2) is 24.7 Å². The number of H-pyrrole nitrogens is 1. The number of amides is 1. The van der Waals surface area contributed by atoms with Gasteiger partial charge >= 0.3 is 6.09 Å². The zero-order chi connectivity index (χ0) is 18.2. The van der Waals surface area contributed by atoms with E-state index in [1.807, 2.05) is 6.07 Å². The van der Waals surface area contributed by atoms with Crippen molar-refractivity contribution in [2.45, 2.75) is 31.8 Å². The van der Waals surface area contributed by atoms with Crippen LogP contribution in [0.1, 0.15) is 25.7 Å². The second-order valence-corrected chi connectivity index (χ2v) is 7.43. The maximum absolute atomic E-state index is 12.1. The van der Waals surface area contributed by atoms with Crippen molar-refractivity contribution in [3.05, 3.63) is 24.7 Å². The molecule has 0 bridgehead atoms. The number of rotatable bonds is 4. The first-order chi connectivity index (χ1) is 13.3. The van der Waals surface area contributed by atoms with Gasteiger partial charge in [-0.25, -0.2) is 14.8 Å². The van der Waals surface area contributed by atoms with Crippen LogP contribution in [0.25, 0.3) is 21.8 Å². The predicted octanol–water partition coefficient (Wildman–Crippen LogP) is 2.61. The lowest BCUT2D eigenvalue weighted by atomic mass is 10.1. The third kappa shape index (κ3) is 3.27. The average Bonchev–Trinajstić information content (AvgIpc) is 3.40. The molecule has 1 saturated heterocycles. The third-order valence-corrected chi connectivity index (χ3v) is 5.37. The van der Waals surface area contributed by atoms with Crippen molar-refractivity contribution in [3.8, 4) is 0 Å². The fourth-order valence-electron chi connectivity index (χ4n) is 3.77. The molecule has 1 aliphatic carbocycles. The van der Waals surface area contributed by atoms with E-state index in [-0.39, 0.29) is 12.2 Å². The Morgan fingerprint density at radius 3 is 3.11 bits per heavy atom. The standard InChI is InChI=1S/C19H22N6O2/c26-19(22-8-12-3-4-12)27-14-2-1-7-25(11-14)18-16-13(10-23-24-18)9-21-17-15(16)5-6-20-17/h5-6,9-10,12,14,24H,1-4,7-8,11H2,(H,22,26). The first kappa shape index (κ1) is 16.3. The van der Waals surface area contributed by atoms with Crippen LogP contribution < -0.4 is 10.2 Å². The number of aromatic amines is 1. The highest BCUT2D eigenvalue weighted by atomic mass is 16.6. The van der Waals surface area contributed by atoms with Gasteiger partial charge in [-0.1, -0.05) is 0 Å². The Morgan fingerprint density at radius 2 is 2.22 bits per heavy atom. The Hall–Kier alpha value is -2.90. The summed E-state index contributed by atoms with van der Waals surface area (Å²) in [7, 11) is 0. The van der Waals surface area contributed by atoms with Gasteiger partial charge in [0, 0.05) is 41.6 Å². The lowest BCUT2D eigenvalue weighted by molar-refractivity contribution is 0.0880. The molecular weight excluding hydrogens is 344 g/mol. The minimum Gasteiger partial charge on any atom is -0.444 e. The van der Waals surface area contributed by atoms with Crippen molar-refractivity contribution >= 4 is 33.7 Å². The zero-order valence-electron chi connectivity index (χ0n) is 15.0. The molecule has 1 saturated carbocycles. The van der Waals surface area contributed by atoms with Crippen LogP contribution in [-0.4, -0.2) is 52.0 Å². The molecule has 3 aromatic rings. The molecule has 1 atom stereocenters. The van der Waals surface area contributed by atoms with Crippen molar-refractivity contribution in [2.24, 2.45) is 5.92 Å². The third-order valence-electron chi connectivity index (χ3n) is 5.37. The summed E-state index contributed by atoms with van der Waals surface area (Å²) in [5.41, 5.74) is 0.729. The average molecular weight is 366 g/mol. The number of pyridine rings is 1. The van der Waals surface area contributed by atoms with E-state index in [1.165, 1.54) is 12.8 Å². The summed E-state index contributed by atoms with van der Waals surface area (Å²) < 4.78 is 5.66. The quantitative estimate of drug-likeness (QED) is 0.737. The molecule has 0 radical (unpaired) electrons. The van der Waals surface area contributed by atoms with Gasteiger partial charge in [0.25, 0.3) is 0 Å². The number of hydrogen-bond donors (Lipinski definition) is 2. The van der Waals surface area contributed by atoms with Gasteiger partial charge < -0.3 is 15.0 Å². The van der Waals surface area contributed by atoms with Crippen molar-refractivity contribution < 1.29 is 9.53 Å². The molecule has 1 amide bonds. The fourth-order valence-corrected chi connectivity index (χ4v) is 3.77. The summed E-state index contributed by atoms with van der Waals surface area (Å²) in [6.45, 7) is 2.26. The number of aromatic nitrogens is 4. The summed E-state index contributed by atoms with van der Waals surface area (Å²) in [4.78, 5) is 23.0. The largest absolute Gasteiger partial charge is 0.444 e. The molecule has 3 aromatic heterocycles. The summed E-state index contributed by atoms with van der Waals surface area (Å²) >= 11 is 0. The predicted molar refractivity (Wildman–Crippen MR) is 102 cm³/mol. The summed E-state index contributed by atoms with van der Waals surface area (Å²) in [5.74, 6) is 1.57. The Morgan fingerprint density at radius 1 is 1.30 bits per heavy atom. The number of alkyl carbamates (subject to hydrolysis) is 1. The first-order valence-electron chi connectivity index (χ1n) is 9.54. The van der Waals surface area contributed by atoms with E-state index in [1.54, 1.807) is 18.6 Å². The molecule has 2 fully saturated rings. The number of nitrogens with one attached hydrogen (secondary N) is 2. The fraction of sp³-hybridized carbons (Fsp3) is 0.474. The Balaban J connectivity index is 1.37. The molecule has 4 heterocycles. The molecule has 0 spiro atoms. The molecule has 1 unspecified atom stereocenters. The highest BCUT2D eigenvalue weighted by Gasteiger charge is 2.27. The number of carbonyl (C=O) groups excluding carboxylic acids is 1. The van der Waals surface area contributed by atoms with E-state index in [4.69, 9.17) is 4.74 Å². The van der Waals surface area contributed by atoms with Gasteiger partial charge in [-0.05, 0) is 37.7 Å². The van der Waals surface area contributed by atoms with Crippen molar-refractivity contribution in [3.63, 3.8) is 0 Å². The summed E-state index contributed by atoms with van der Waals surface area (Å²) in [6, 6.07) is 1.98. The van der Waals surface area contributed by atoms with Gasteiger partial charge in [0.15, 0.2) is 5.65 Å². The normalized spacial score (nSPS) is 20.1. The van der Waals surface area contributed by atoms with E-state index >= 15 is 0 Å². The van der Waals surface area contributed by atoms with Crippen LogP contribution in [0.2, 0.25) is 0 Å². The number of carbonyl (C=O) groups is 1. The zero-order valence-corrected chi connectivity index (χ0v) is 15.0.